The molecule has 0 saturated carbocycles. The van der Waals surface area contributed by atoms with E-state index in [1.807, 2.05) is 6.07 Å². The molecule has 4 atom stereocenters. The molecule has 0 radical (unpaired) electrons. The van der Waals surface area contributed by atoms with Crippen LogP contribution in [0.1, 0.15) is 29.3 Å². The van der Waals surface area contributed by atoms with E-state index >= 15 is 0 Å². The number of aromatic hydroxyl groups is 1. The summed E-state index contributed by atoms with van der Waals surface area (Å²) in [6.07, 6.45) is 0.401. The number of hydrogen-bond acceptors (Lipinski definition) is 11. The number of carbonyl (C=O) groups excluding carboxylic acids is 4. The van der Waals surface area contributed by atoms with Crippen molar-refractivity contribution in [3.63, 3.8) is 0 Å². The number of nitroso groups, excluding NO2 is 1. The molecule has 44 heavy (non-hydrogen) atoms. The quantitative estimate of drug-likeness (QED) is 0.160. The molecule has 3 aliphatic carbocycles. The molecule has 0 saturated heterocycles. The molecule has 12 nitrogen and oxygen atoms in total. The van der Waals surface area contributed by atoms with Gasteiger partial charge in [-0.05, 0) is 80.5 Å². The van der Waals surface area contributed by atoms with Gasteiger partial charge in [0.15, 0.2) is 17.3 Å². The Morgan fingerprint density at radius 2 is 1.77 bits per heavy atom. The van der Waals surface area contributed by atoms with E-state index < -0.39 is 63.1 Å². The van der Waals surface area contributed by atoms with Gasteiger partial charge in [-0.2, -0.15) is 0 Å². The van der Waals surface area contributed by atoms with Gasteiger partial charge in [-0.15, -0.1) is 4.91 Å². The Kier molecular flexibility index (Phi) is 7.89. The third-order valence-corrected chi connectivity index (χ3v) is 9.73. The second-order valence-electron chi connectivity index (χ2n) is 11.9. The molecule has 0 spiro atoms. The molecular formula is C31H33N5O7S. The van der Waals surface area contributed by atoms with Gasteiger partial charge in [0.05, 0.1) is 22.7 Å². The highest BCUT2D eigenvalue weighted by atomic mass is 32.2. The summed E-state index contributed by atoms with van der Waals surface area (Å²) in [5.41, 5.74) is 3.84. The van der Waals surface area contributed by atoms with Crippen molar-refractivity contribution in [2.24, 2.45) is 28.2 Å². The number of nitrogens with zero attached hydrogens (tertiary/aromatic N) is 3. The van der Waals surface area contributed by atoms with Crippen LogP contribution in [0.25, 0.3) is 0 Å². The molecule has 13 heteroatoms. The van der Waals surface area contributed by atoms with E-state index in [-0.39, 0.29) is 35.4 Å². The molecule has 5 N–H and O–H groups in total. The zero-order valence-electron chi connectivity index (χ0n) is 24.9. The van der Waals surface area contributed by atoms with Gasteiger partial charge in [-0.1, -0.05) is 18.2 Å². The fourth-order valence-corrected chi connectivity index (χ4v) is 7.63. The van der Waals surface area contributed by atoms with Crippen LogP contribution in [0.4, 0.5) is 16.2 Å². The van der Waals surface area contributed by atoms with Gasteiger partial charge in [0.25, 0.3) is 11.1 Å². The highest BCUT2D eigenvalue weighted by Crippen LogP contribution is 2.59. The molecular weight excluding hydrogens is 586 g/mol. The minimum absolute atomic E-state index is 0.00323. The Morgan fingerprint density at radius 1 is 1.11 bits per heavy atom. The first kappa shape index (κ1) is 31.0. The van der Waals surface area contributed by atoms with Crippen molar-refractivity contribution >= 4 is 45.8 Å². The fourth-order valence-electron chi connectivity index (χ4n) is 6.96. The van der Waals surface area contributed by atoms with Crippen molar-refractivity contribution in [1.82, 2.24) is 4.90 Å². The third kappa shape index (κ3) is 4.67. The van der Waals surface area contributed by atoms with Crippen LogP contribution in [0.15, 0.2) is 69.1 Å². The van der Waals surface area contributed by atoms with Crippen LogP contribution >= 0.6 is 11.8 Å². The van der Waals surface area contributed by atoms with E-state index in [0.717, 1.165) is 11.8 Å². The van der Waals surface area contributed by atoms with Crippen molar-refractivity contribution < 1.29 is 29.4 Å². The first-order chi connectivity index (χ1) is 20.7. The lowest BCUT2D eigenvalue weighted by molar-refractivity contribution is -0.129. The van der Waals surface area contributed by atoms with Crippen LogP contribution in [-0.4, -0.2) is 72.1 Å². The number of benzene rings is 2. The van der Waals surface area contributed by atoms with Crippen molar-refractivity contribution in [2.45, 2.75) is 30.7 Å². The van der Waals surface area contributed by atoms with E-state index in [2.05, 4.69) is 10.5 Å². The third-order valence-electron chi connectivity index (χ3n) is 8.93. The second-order valence-corrected chi connectivity index (χ2v) is 12.9. The maximum atomic E-state index is 14.3. The van der Waals surface area contributed by atoms with Crippen molar-refractivity contribution in [2.75, 3.05) is 38.4 Å². The van der Waals surface area contributed by atoms with Crippen molar-refractivity contribution in [3.8, 4) is 5.75 Å². The Balaban J connectivity index is 1.68. The number of ketones is 2. The lowest BCUT2D eigenvalue weighted by atomic mass is 9.54. The molecule has 1 unspecified atom stereocenters. The normalized spacial score (nSPS) is 24.5. The lowest BCUT2D eigenvalue weighted by Gasteiger charge is -2.51. The first-order valence-corrected chi connectivity index (χ1v) is 14.7. The van der Waals surface area contributed by atoms with Gasteiger partial charge in [-0.25, -0.2) is 0 Å². The number of hydrogen-bond donors (Lipinski definition) is 4. The summed E-state index contributed by atoms with van der Waals surface area (Å²) in [5, 5.41) is 28.2. The molecule has 3 aliphatic rings. The molecule has 0 heterocycles. The summed E-state index contributed by atoms with van der Waals surface area (Å²) >= 11 is 0.912. The number of carbonyl (C=O) groups is 4. The van der Waals surface area contributed by atoms with E-state index in [4.69, 9.17) is 5.73 Å². The number of allylic oxidation sites excluding steroid dienone is 1. The molecule has 230 valence electrons. The molecule has 2 aromatic rings. The smallest absolute Gasteiger partial charge is 0.288 e. The van der Waals surface area contributed by atoms with Gasteiger partial charge in [0.1, 0.15) is 17.0 Å². The number of likely N-dealkylation sites (N-methyl/N-ethyl adjacent to an activating group) is 1. The molecule has 5 rings (SSSR count). The number of aliphatic hydroxyl groups is 1. The molecule has 0 fully saturated rings. The number of Topliss-reactive ketones (excluding diaryl/α,β-unsaturated/α-hetero) is 2. The van der Waals surface area contributed by atoms with Crippen LogP contribution in [0.2, 0.25) is 0 Å². The topological polar surface area (TPSA) is 183 Å². The monoisotopic (exact) mass is 619 g/mol. The van der Waals surface area contributed by atoms with Crippen LogP contribution < -0.4 is 16.0 Å². The Morgan fingerprint density at radius 3 is 2.34 bits per heavy atom. The summed E-state index contributed by atoms with van der Waals surface area (Å²) < 4.78 is 0. The average Bonchev–Trinajstić information content (AvgIpc) is 2.94. The molecule has 2 aromatic carbocycles. The minimum atomic E-state index is -1.69. The zero-order chi connectivity index (χ0) is 32.2. The molecule has 0 aromatic heterocycles. The van der Waals surface area contributed by atoms with E-state index in [9.17, 15) is 34.3 Å². The van der Waals surface area contributed by atoms with Crippen molar-refractivity contribution in [3.05, 3.63) is 75.0 Å². The maximum Gasteiger partial charge on any atom is 0.288 e. The first-order valence-electron chi connectivity index (χ1n) is 13.9. The lowest BCUT2D eigenvalue weighted by Crippen LogP contribution is -2.58. The van der Waals surface area contributed by atoms with Gasteiger partial charge in [0, 0.05) is 36.2 Å². The molecule has 0 aliphatic heterocycles. The predicted octanol–water partition coefficient (Wildman–Crippen LogP) is 3.99. The zero-order valence-corrected chi connectivity index (χ0v) is 25.7. The number of primary amides is 1. The van der Waals surface area contributed by atoms with E-state index in [1.165, 1.54) is 6.92 Å². The number of nitrogens with one attached hydrogen (secondary N) is 1. The van der Waals surface area contributed by atoms with Crippen LogP contribution in [0.5, 0.6) is 5.75 Å². The van der Waals surface area contributed by atoms with Crippen LogP contribution in [-0.2, 0) is 16.0 Å². The van der Waals surface area contributed by atoms with E-state index in [0.29, 0.717) is 16.1 Å². The SMILES string of the molecule is CN(C)c1cc(NC(=O)Sc2ccccc2)c(O)c2c1C[C@H]1C[C@H]3[C@H](N(C)C)C(=O)C(C(N)=O)=C(O)C3(C)C(N=O)=C1C2=O. The summed E-state index contributed by atoms with van der Waals surface area (Å²) in [4.78, 5) is 69.7. The number of phenols is 1. The van der Waals surface area contributed by atoms with Gasteiger partial charge in [-0.3, -0.25) is 24.1 Å². The molecule has 2 amide bonds. The Hall–Kier alpha value is -4.49. The summed E-state index contributed by atoms with van der Waals surface area (Å²) in [7, 11) is 6.82. The number of amides is 2. The number of thioether (sulfide) groups is 1. The summed E-state index contributed by atoms with van der Waals surface area (Å²) in [6, 6.07) is 9.57. The number of nitrogens with two attached hydrogens (primary N) is 1. The highest BCUT2D eigenvalue weighted by molar-refractivity contribution is 8.13. The number of fused-ring (bicyclic) bond motifs is 3. The highest BCUT2D eigenvalue weighted by Gasteiger charge is 2.61. The van der Waals surface area contributed by atoms with Gasteiger partial charge in [0.2, 0.25) is 0 Å². The fraction of sp³-hybridized carbons (Fsp3) is 0.355. The predicted molar refractivity (Wildman–Crippen MR) is 166 cm³/mol. The largest absolute Gasteiger partial charge is 0.510 e. The minimum Gasteiger partial charge on any atom is -0.510 e. The van der Waals surface area contributed by atoms with Gasteiger partial charge < -0.3 is 26.2 Å². The molecule has 0 bridgehead atoms. The van der Waals surface area contributed by atoms with Crippen LogP contribution in [0, 0.1) is 22.2 Å². The average molecular weight is 620 g/mol. The summed E-state index contributed by atoms with van der Waals surface area (Å²) in [5.74, 6) is -5.00. The Labute approximate surface area is 257 Å². The number of phenolic OH excluding ortho intramolecular Hbond substituents is 1. The number of rotatable bonds is 6. The number of anilines is 2. The maximum absolute atomic E-state index is 14.3. The second kappa shape index (κ2) is 11.2. The van der Waals surface area contributed by atoms with E-state index in [1.54, 1.807) is 68.3 Å². The van der Waals surface area contributed by atoms with Crippen molar-refractivity contribution in [1.29, 1.82) is 0 Å². The Bertz CT molecular complexity index is 1680. The van der Waals surface area contributed by atoms with Gasteiger partial charge >= 0.3 is 0 Å². The summed E-state index contributed by atoms with van der Waals surface area (Å²) in [6.45, 7) is 1.48. The van der Waals surface area contributed by atoms with Crippen LogP contribution in [0.3, 0.4) is 0 Å². The standard InChI is InChI=1S/C31H33N5O7S/c1-31-17(23(36(4)5)26(39)22(28(31)40)29(32)41)12-14-11-16-19(35(2)3)13-18(33-30(42)44-15-9-7-6-8-10-15)24(37)21(16)25(38)20(14)27(31)34-43/h6-10,13-14,17,23,37,40H,11-12H2,1-5H3,(H2,32,41)(H,33,42)/t14-,17-,23-,31?/m0/s1. The number of aliphatic hydroxyl groups excluding tert-OH is 1.